The molecule has 0 aromatic heterocycles. The zero-order valence-corrected chi connectivity index (χ0v) is 24.3. The highest BCUT2D eigenvalue weighted by Gasteiger charge is 2.44. The molecule has 0 bridgehead atoms. The Hall–Kier alpha value is -3.65. The van der Waals surface area contributed by atoms with E-state index < -0.39 is 35.9 Å². The van der Waals surface area contributed by atoms with Crippen molar-refractivity contribution in [2.75, 3.05) is 26.3 Å². The molecule has 5 atom stereocenters. The Morgan fingerprint density at radius 1 is 1.12 bits per heavy atom. The Balaban J connectivity index is 1.46. The number of hydrogen-bond acceptors (Lipinski definition) is 8. The first-order chi connectivity index (χ1) is 20.2. The maximum Gasteiger partial charge on any atom is 0.410 e. The Kier molecular flexibility index (Phi) is 11.2. The number of aliphatic hydroxyl groups excluding tert-OH is 1. The number of ether oxygens (including phenoxy) is 4. The monoisotopic (exact) mass is 579 g/mol. The largest absolute Gasteiger partial charge is 0.445 e. The summed E-state index contributed by atoms with van der Waals surface area (Å²) in [7, 11) is 0. The van der Waals surface area contributed by atoms with E-state index in [0.29, 0.717) is 25.9 Å². The number of benzene rings is 2. The maximum absolute atomic E-state index is 13.3. The number of nitrogens with zero attached hydrogens (tertiary/aromatic N) is 2. The number of nitriles is 1. The lowest BCUT2D eigenvalue weighted by molar-refractivity contribution is -0.0907. The molecule has 10 heteroatoms. The van der Waals surface area contributed by atoms with E-state index in [-0.39, 0.29) is 38.5 Å². The maximum atomic E-state index is 13.3. The SMILES string of the molecule is CC(C)(CCC#N)CN(CC(O)C(Cc1ccccc1)NC(=O)OC1COC2OCCC12)C(=O)OCc1ccccc1. The summed E-state index contributed by atoms with van der Waals surface area (Å²) < 4.78 is 22.4. The standard InChI is InChI=1S/C32H41N3O7/c1-32(2,15-9-16-33)22-35(31(38)41-20-24-12-7-4-8-13-24)19-27(36)26(18-23-10-5-3-6-11-23)34-30(37)42-28-21-40-29-25(28)14-17-39-29/h3-8,10-13,25-29,36H,9,14-15,17-22H2,1-2H3,(H,34,37). The van der Waals surface area contributed by atoms with Crippen LogP contribution in [0, 0.1) is 22.7 Å². The molecule has 0 radical (unpaired) electrons. The summed E-state index contributed by atoms with van der Waals surface area (Å²) in [6.45, 7) is 5.00. The van der Waals surface area contributed by atoms with Crippen LogP contribution in [0.3, 0.4) is 0 Å². The summed E-state index contributed by atoms with van der Waals surface area (Å²) in [6.07, 6.45) is -1.21. The number of carbonyl (C=O) groups is 2. The minimum atomic E-state index is -1.14. The van der Waals surface area contributed by atoms with Crippen LogP contribution in [0.25, 0.3) is 0 Å². The van der Waals surface area contributed by atoms with E-state index in [4.69, 9.17) is 24.2 Å². The van der Waals surface area contributed by atoms with Crippen LogP contribution in [-0.4, -0.2) is 73.0 Å². The number of carbonyl (C=O) groups excluding carboxylic acids is 2. The molecule has 0 aliphatic carbocycles. The van der Waals surface area contributed by atoms with E-state index in [1.165, 1.54) is 4.90 Å². The predicted molar refractivity (Wildman–Crippen MR) is 154 cm³/mol. The fourth-order valence-corrected chi connectivity index (χ4v) is 5.38. The molecule has 2 aliphatic heterocycles. The fourth-order valence-electron chi connectivity index (χ4n) is 5.38. The van der Waals surface area contributed by atoms with Gasteiger partial charge in [0.25, 0.3) is 0 Å². The topological polar surface area (TPSA) is 130 Å². The second-order valence-electron chi connectivity index (χ2n) is 11.7. The normalized spacial score (nSPS) is 21.0. The molecule has 0 spiro atoms. The first-order valence-electron chi connectivity index (χ1n) is 14.5. The van der Waals surface area contributed by atoms with Crippen molar-refractivity contribution in [2.45, 2.75) is 70.7 Å². The number of nitrogens with one attached hydrogen (secondary N) is 1. The van der Waals surface area contributed by atoms with Crippen molar-refractivity contribution in [1.82, 2.24) is 10.2 Å². The Bertz CT molecular complexity index is 1190. The molecule has 5 unspecified atom stereocenters. The highest BCUT2D eigenvalue weighted by atomic mass is 16.7. The molecule has 2 aliphatic rings. The van der Waals surface area contributed by atoms with Gasteiger partial charge in [-0.2, -0.15) is 5.26 Å². The molecule has 42 heavy (non-hydrogen) atoms. The molecule has 2 N–H and O–H groups in total. The molecule has 2 fully saturated rings. The molecule has 2 aromatic rings. The van der Waals surface area contributed by atoms with Gasteiger partial charge in [-0.05, 0) is 35.8 Å². The zero-order chi connectivity index (χ0) is 30.0. The number of alkyl carbamates (subject to hydrolysis) is 1. The molecule has 2 aromatic carbocycles. The Morgan fingerprint density at radius 3 is 2.50 bits per heavy atom. The van der Waals surface area contributed by atoms with Crippen molar-refractivity contribution >= 4 is 12.2 Å². The molecule has 2 heterocycles. The second-order valence-corrected chi connectivity index (χ2v) is 11.7. The quantitative estimate of drug-likeness (QED) is 0.357. The van der Waals surface area contributed by atoms with Gasteiger partial charge in [0.2, 0.25) is 0 Å². The van der Waals surface area contributed by atoms with Crippen molar-refractivity contribution in [2.24, 2.45) is 11.3 Å². The van der Waals surface area contributed by atoms with Crippen LogP contribution in [-0.2, 0) is 32.0 Å². The van der Waals surface area contributed by atoms with Gasteiger partial charge < -0.3 is 34.3 Å². The van der Waals surface area contributed by atoms with E-state index in [0.717, 1.165) is 17.5 Å². The summed E-state index contributed by atoms with van der Waals surface area (Å²) in [6, 6.07) is 20.2. The molecule has 2 saturated heterocycles. The van der Waals surface area contributed by atoms with Crippen LogP contribution < -0.4 is 5.32 Å². The van der Waals surface area contributed by atoms with Gasteiger partial charge in [-0.3, -0.25) is 0 Å². The molecular formula is C32H41N3O7. The number of aliphatic hydroxyl groups is 1. The Morgan fingerprint density at radius 2 is 1.81 bits per heavy atom. The van der Waals surface area contributed by atoms with E-state index in [9.17, 15) is 14.7 Å². The van der Waals surface area contributed by atoms with Gasteiger partial charge in [0.1, 0.15) is 12.7 Å². The van der Waals surface area contributed by atoms with E-state index in [2.05, 4.69) is 11.4 Å². The third-order valence-electron chi connectivity index (χ3n) is 7.71. The van der Waals surface area contributed by atoms with E-state index >= 15 is 0 Å². The van der Waals surface area contributed by atoms with Crippen molar-refractivity contribution in [3.63, 3.8) is 0 Å². The summed E-state index contributed by atoms with van der Waals surface area (Å²) in [5.41, 5.74) is 1.33. The lowest BCUT2D eigenvalue weighted by Gasteiger charge is -2.35. The first kappa shape index (κ1) is 31.3. The Labute approximate surface area is 247 Å². The molecule has 4 rings (SSSR count). The number of fused-ring (bicyclic) bond motifs is 1. The molecule has 0 saturated carbocycles. The minimum absolute atomic E-state index is 0.0150. The molecular weight excluding hydrogens is 538 g/mol. The van der Waals surface area contributed by atoms with Gasteiger partial charge in [-0.25, -0.2) is 9.59 Å². The average molecular weight is 580 g/mol. The molecule has 10 nitrogen and oxygen atoms in total. The fraction of sp³-hybridized carbons (Fsp3) is 0.531. The van der Waals surface area contributed by atoms with Gasteiger partial charge >= 0.3 is 12.2 Å². The van der Waals surface area contributed by atoms with Crippen molar-refractivity contribution in [1.29, 1.82) is 5.26 Å². The van der Waals surface area contributed by atoms with Crippen molar-refractivity contribution in [3.05, 3.63) is 71.8 Å². The van der Waals surface area contributed by atoms with Crippen molar-refractivity contribution < 1.29 is 33.6 Å². The smallest absolute Gasteiger partial charge is 0.410 e. The third-order valence-corrected chi connectivity index (χ3v) is 7.71. The molecule has 226 valence electrons. The summed E-state index contributed by atoms with van der Waals surface area (Å²) in [5.74, 6) is -0.0150. The second kappa shape index (κ2) is 15.0. The van der Waals surface area contributed by atoms with Crippen LogP contribution >= 0.6 is 0 Å². The summed E-state index contributed by atoms with van der Waals surface area (Å²) in [5, 5.41) is 23.4. The van der Waals surface area contributed by atoms with Gasteiger partial charge in [0, 0.05) is 13.0 Å². The van der Waals surface area contributed by atoms with Gasteiger partial charge in [-0.1, -0.05) is 74.5 Å². The number of rotatable bonds is 13. The van der Waals surface area contributed by atoms with Crippen LogP contribution in [0.1, 0.15) is 44.2 Å². The third kappa shape index (κ3) is 9.18. The zero-order valence-electron chi connectivity index (χ0n) is 24.3. The van der Waals surface area contributed by atoms with Crippen LogP contribution in [0.2, 0.25) is 0 Å². The van der Waals surface area contributed by atoms with Gasteiger partial charge in [-0.15, -0.1) is 0 Å². The highest BCUT2D eigenvalue weighted by Crippen LogP contribution is 2.33. The molecule has 2 amide bonds. The lowest BCUT2D eigenvalue weighted by atomic mass is 9.87. The van der Waals surface area contributed by atoms with E-state index in [1.54, 1.807) is 0 Å². The first-order valence-corrected chi connectivity index (χ1v) is 14.5. The highest BCUT2D eigenvalue weighted by molar-refractivity contribution is 5.69. The number of hydrogen-bond donors (Lipinski definition) is 2. The predicted octanol–water partition coefficient (Wildman–Crippen LogP) is 4.41. The van der Waals surface area contributed by atoms with Crippen molar-refractivity contribution in [3.8, 4) is 6.07 Å². The van der Waals surface area contributed by atoms with E-state index in [1.807, 2.05) is 74.5 Å². The summed E-state index contributed by atoms with van der Waals surface area (Å²) >= 11 is 0. The van der Waals surface area contributed by atoms with Crippen LogP contribution in [0.5, 0.6) is 0 Å². The lowest BCUT2D eigenvalue weighted by Crippen LogP contribution is -2.52. The van der Waals surface area contributed by atoms with Gasteiger partial charge in [0.05, 0.1) is 43.9 Å². The summed E-state index contributed by atoms with van der Waals surface area (Å²) in [4.78, 5) is 27.8. The minimum Gasteiger partial charge on any atom is -0.445 e. The van der Waals surface area contributed by atoms with Gasteiger partial charge in [0.15, 0.2) is 6.29 Å². The van der Waals surface area contributed by atoms with Crippen LogP contribution in [0.4, 0.5) is 9.59 Å². The van der Waals surface area contributed by atoms with Crippen LogP contribution in [0.15, 0.2) is 60.7 Å². The number of amides is 2. The average Bonchev–Trinajstić information content (AvgIpc) is 3.60.